The standard InChI is InChI=1S/C19H18N2O6S/c1-14-4-3-5-16(12-14)27-13-18(22)20-10-11-21(19(20)23)28(24,25)17-8-6-15(26-2)7-9-17/h3-12H,13H2,1-2H3. The summed E-state index contributed by atoms with van der Waals surface area (Å²) in [7, 11) is -2.69. The number of hydrogen-bond donors (Lipinski definition) is 0. The van der Waals surface area contributed by atoms with Crippen molar-refractivity contribution in [2.24, 2.45) is 0 Å². The Balaban J connectivity index is 1.82. The van der Waals surface area contributed by atoms with Crippen LogP contribution in [0.4, 0.5) is 0 Å². The summed E-state index contributed by atoms with van der Waals surface area (Å²) in [6.07, 6.45) is 2.14. The fraction of sp³-hybridized carbons (Fsp3) is 0.158. The normalized spacial score (nSPS) is 11.2. The Morgan fingerprint density at radius 3 is 2.39 bits per heavy atom. The van der Waals surface area contributed by atoms with Crippen LogP contribution in [0.5, 0.6) is 11.5 Å². The lowest BCUT2D eigenvalue weighted by atomic mass is 10.2. The van der Waals surface area contributed by atoms with Gasteiger partial charge in [-0.25, -0.2) is 17.8 Å². The molecule has 0 saturated carbocycles. The van der Waals surface area contributed by atoms with Gasteiger partial charge in [-0.3, -0.25) is 4.79 Å². The molecule has 2 aromatic carbocycles. The summed E-state index contributed by atoms with van der Waals surface area (Å²) >= 11 is 0. The second-order valence-corrected chi connectivity index (χ2v) is 7.74. The monoisotopic (exact) mass is 402 g/mol. The molecule has 0 spiro atoms. The number of carbonyl (C=O) groups is 1. The fourth-order valence-corrected chi connectivity index (χ4v) is 3.73. The van der Waals surface area contributed by atoms with Crippen LogP contribution < -0.4 is 15.2 Å². The lowest BCUT2D eigenvalue weighted by Gasteiger charge is -2.07. The molecular formula is C19H18N2O6S. The molecule has 8 nitrogen and oxygen atoms in total. The largest absolute Gasteiger partial charge is 0.497 e. The van der Waals surface area contributed by atoms with Gasteiger partial charge in [-0.1, -0.05) is 12.1 Å². The van der Waals surface area contributed by atoms with E-state index >= 15 is 0 Å². The summed E-state index contributed by atoms with van der Waals surface area (Å²) in [5.74, 6) is 0.272. The van der Waals surface area contributed by atoms with Crippen molar-refractivity contribution in [3.63, 3.8) is 0 Å². The fourth-order valence-electron chi connectivity index (χ4n) is 2.51. The Hall–Kier alpha value is -3.33. The average molecular weight is 402 g/mol. The smallest absolute Gasteiger partial charge is 0.349 e. The van der Waals surface area contributed by atoms with E-state index in [0.29, 0.717) is 20.0 Å². The minimum Gasteiger partial charge on any atom is -0.497 e. The second-order valence-electron chi connectivity index (χ2n) is 5.93. The number of methoxy groups -OCH3 is 1. The lowest BCUT2D eigenvalue weighted by Crippen LogP contribution is -2.34. The van der Waals surface area contributed by atoms with Crippen LogP contribution in [0.25, 0.3) is 0 Å². The van der Waals surface area contributed by atoms with Crippen LogP contribution in [0.2, 0.25) is 0 Å². The van der Waals surface area contributed by atoms with Gasteiger partial charge in [0.15, 0.2) is 6.61 Å². The van der Waals surface area contributed by atoms with E-state index in [0.717, 1.165) is 18.0 Å². The van der Waals surface area contributed by atoms with Crippen LogP contribution in [0.3, 0.4) is 0 Å². The molecule has 1 aromatic heterocycles. The Kier molecular flexibility index (Phi) is 5.36. The van der Waals surface area contributed by atoms with Crippen LogP contribution in [0, 0.1) is 6.92 Å². The molecule has 0 saturated heterocycles. The molecule has 0 aliphatic heterocycles. The highest BCUT2D eigenvalue weighted by atomic mass is 32.2. The van der Waals surface area contributed by atoms with Crippen molar-refractivity contribution in [2.75, 3.05) is 13.7 Å². The van der Waals surface area contributed by atoms with Crippen LogP contribution in [0.1, 0.15) is 10.4 Å². The van der Waals surface area contributed by atoms with E-state index in [1.165, 1.54) is 31.4 Å². The summed E-state index contributed by atoms with van der Waals surface area (Å²) < 4.78 is 36.9. The number of ether oxygens (including phenoxy) is 2. The summed E-state index contributed by atoms with van der Waals surface area (Å²) in [5, 5.41) is 0. The van der Waals surface area contributed by atoms with Crippen LogP contribution in [-0.2, 0) is 10.0 Å². The Morgan fingerprint density at radius 1 is 1.04 bits per heavy atom. The molecule has 0 aliphatic carbocycles. The summed E-state index contributed by atoms with van der Waals surface area (Å²) in [4.78, 5) is 24.7. The number of nitrogens with zero attached hydrogens (tertiary/aromatic N) is 2. The molecule has 1 heterocycles. The molecule has 0 atom stereocenters. The van der Waals surface area contributed by atoms with E-state index in [9.17, 15) is 18.0 Å². The van der Waals surface area contributed by atoms with Gasteiger partial charge in [0.25, 0.3) is 15.9 Å². The number of hydrogen-bond acceptors (Lipinski definition) is 6. The molecule has 0 bridgehead atoms. The first-order valence-corrected chi connectivity index (χ1v) is 9.69. The van der Waals surface area contributed by atoms with E-state index in [4.69, 9.17) is 9.47 Å². The third kappa shape index (κ3) is 3.84. The van der Waals surface area contributed by atoms with Crippen molar-refractivity contribution in [2.45, 2.75) is 11.8 Å². The molecular weight excluding hydrogens is 384 g/mol. The highest BCUT2D eigenvalue weighted by Crippen LogP contribution is 2.17. The molecule has 28 heavy (non-hydrogen) atoms. The summed E-state index contributed by atoms with van der Waals surface area (Å²) in [6, 6.07) is 12.7. The van der Waals surface area contributed by atoms with Gasteiger partial charge in [-0.15, -0.1) is 0 Å². The Labute approximate surface area is 161 Å². The molecule has 0 fully saturated rings. The molecule has 0 unspecified atom stereocenters. The number of benzene rings is 2. The van der Waals surface area contributed by atoms with Crippen LogP contribution in [-0.4, -0.2) is 36.6 Å². The van der Waals surface area contributed by atoms with Gasteiger partial charge in [-0.05, 0) is 48.9 Å². The highest BCUT2D eigenvalue weighted by molar-refractivity contribution is 7.90. The van der Waals surface area contributed by atoms with Crippen LogP contribution >= 0.6 is 0 Å². The van der Waals surface area contributed by atoms with Gasteiger partial charge < -0.3 is 9.47 Å². The molecule has 0 aliphatic rings. The average Bonchev–Trinajstić information content (AvgIpc) is 3.08. The minimum absolute atomic E-state index is 0.100. The minimum atomic E-state index is -4.15. The van der Waals surface area contributed by atoms with E-state index in [1.807, 2.05) is 13.0 Å². The summed E-state index contributed by atoms with van der Waals surface area (Å²) in [5.41, 5.74) is -0.0347. The molecule has 146 valence electrons. The summed E-state index contributed by atoms with van der Waals surface area (Å²) in [6.45, 7) is 1.47. The number of aryl methyl sites for hydroxylation is 1. The predicted molar refractivity (Wildman–Crippen MR) is 102 cm³/mol. The molecule has 3 aromatic rings. The Bertz CT molecular complexity index is 1160. The van der Waals surface area contributed by atoms with E-state index in [2.05, 4.69) is 0 Å². The first-order valence-electron chi connectivity index (χ1n) is 8.25. The zero-order valence-electron chi connectivity index (χ0n) is 15.2. The van der Waals surface area contributed by atoms with Gasteiger partial charge in [0.2, 0.25) is 0 Å². The molecule has 0 N–H and O–H groups in total. The Morgan fingerprint density at radius 2 is 1.75 bits per heavy atom. The second kappa shape index (κ2) is 7.73. The van der Waals surface area contributed by atoms with Gasteiger partial charge >= 0.3 is 5.69 Å². The molecule has 9 heteroatoms. The van der Waals surface area contributed by atoms with Crippen molar-refractivity contribution in [3.05, 3.63) is 77.0 Å². The zero-order valence-corrected chi connectivity index (χ0v) is 16.0. The molecule has 0 amide bonds. The van der Waals surface area contributed by atoms with Crippen molar-refractivity contribution in [1.29, 1.82) is 0 Å². The van der Waals surface area contributed by atoms with Crippen molar-refractivity contribution >= 4 is 15.9 Å². The topological polar surface area (TPSA) is 96.6 Å². The maximum Gasteiger partial charge on any atom is 0.349 e. The number of imidazole rings is 1. The third-order valence-corrected chi connectivity index (χ3v) is 5.65. The first kappa shape index (κ1) is 19.4. The molecule has 0 radical (unpaired) electrons. The van der Waals surface area contributed by atoms with Gasteiger partial charge in [-0.2, -0.15) is 3.97 Å². The third-order valence-electron chi connectivity index (χ3n) is 3.98. The first-order chi connectivity index (χ1) is 13.3. The van der Waals surface area contributed by atoms with Crippen molar-refractivity contribution < 1.29 is 22.7 Å². The van der Waals surface area contributed by atoms with E-state index < -0.39 is 28.2 Å². The zero-order chi connectivity index (χ0) is 20.3. The van der Waals surface area contributed by atoms with Crippen molar-refractivity contribution in [3.8, 4) is 11.5 Å². The van der Waals surface area contributed by atoms with Crippen molar-refractivity contribution in [1.82, 2.24) is 8.54 Å². The number of carbonyl (C=O) groups excluding carboxylic acids is 1. The number of rotatable bonds is 6. The van der Waals surface area contributed by atoms with Gasteiger partial charge in [0.1, 0.15) is 11.5 Å². The maximum absolute atomic E-state index is 12.7. The maximum atomic E-state index is 12.7. The molecule has 3 rings (SSSR count). The quantitative estimate of drug-likeness (QED) is 0.625. The highest BCUT2D eigenvalue weighted by Gasteiger charge is 2.22. The number of aromatic nitrogens is 2. The van der Waals surface area contributed by atoms with E-state index in [1.54, 1.807) is 18.2 Å². The van der Waals surface area contributed by atoms with E-state index in [-0.39, 0.29) is 4.90 Å². The van der Waals surface area contributed by atoms with Gasteiger partial charge in [0, 0.05) is 12.4 Å². The van der Waals surface area contributed by atoms with Gasteiger partial charge in [0.05, 0.1) is 12.0 Å². The van der Waals surface area contributed by atoms with Crippen LogP contribution in [0.15, 0.2) is 70.6 Å². The SMILES string of the molecule is COc1ccc(S(=O)(=O)n2ccn(C(=O)COc3cccc(C)c3)c2=O)cc1. The predicted octanol–water partition coefficient (Wildman–Crippen LogP) is 1.92. The lowest BCUT2D eigenvalue weighted by molar-refractivity contribution is 0.0833.